The van der Waals surface area contributed by atoms with Crippen LogP contribution in [0.5, 0.6) is 0 Å². The van der Waals surface area contributed by atoms with E-state index in [1.54, 1.807) is 11.3 Å². The van der Waals surface area contributed by atoms with E-state index in [-0.39, 0.29) is 5.54 Å². The molecule has 1 aromatic heterocycles. The van der Waals surface area contributed by atoms with Gasteiger partial charge >= 0.3 is 0 Å². The predicted molar refractivity (Wildman–Crippen MR) is 53.9 cm³/mol. The first-order valence-electron chi connectivity index (χ1n) is 4.52. The fraction of sp³-hybridized carbons (Fsp3) is 0.750. The van der Waals surface area contributed by atoms with Crippen LogP contribution in [0.2, 0.25) is 0 Å². The molecular formula is C8H14N4S. The maximum Gasteiger partial charge on any atom is 0.206 e. The fourth-order valence-electron chi connectivity index (χ4n) is 1.56. The van der Waals surface area contributed by atoms with Crippen LogP contribution in [-0.4, -0.2) is 22.3 Å². The van der Waals surface area contributed by atoms with E-state index < -0.39 is 0 Å². The summed E-state index contributed by atoms with van der Waals surface area (Å²) in [6, 6.07) is 0. The Bertz CT molecular complexity index is 287. The van der Waals surface area contributed by atoms with Gasteiger partial charge in [-0.25, -0.2) is 0 Å². The van der Waals surface area contributed by atoms with Gasteiger partial charge in [0, 0.05) is 6.54 Å². The highest BCUT2D eigenvalue weighted by atomic mass is 32.1. The first-order valence-corrected chi connectivity index (χ1v) is 5.34. The summed E-state index contributed by atoms with van der Waals surface area (Å²) in [7, 11) is 0. The van der Waals surface area contributed by atoms with Crippen LogP contribution in [0.4, 0.5) is 5.13 Å². The second-order valence-electron chi connectivity index (χ2n) is 3.59. The minimum Gasteiger partial charge on any atom is -0.353 e. The Morgan fingerprint density at radius 2 is 2.31 bits per heavy atom. The number of anilines is 1. The minimum absolute atomic E-state index is 0.117. The molecule has 1 aliphatic rings. The van der Waals surface area contributed by atoms with E-state index in [1.807, 2.05) is 6.92 Å². The van der Waals surface area contributed by atoms with Gasteiger partial charge < -0.3 is 11.1 Å². The lowest BCUT2D eigenvalue weighted by atomic mass is 9.77. The fourth-order valence-corrected chi connectivity index (χ4v) is 2.27. The molecule has 0 atom stereocenters. The highest BCUT2D eigenvalue weighted by Gasteiger charge is 2.36. The third-order valence-corrected chi connectivity index (χ3v) is 3.35. The van der Waals surface area contributed by atoms with E-state index in [1.165, 1.54) is 6.42 Å². The molecule has 5 heteroatoms. The van der Waals surface area contributed by atoms with E-state index in [4.69, 9.17) is 5.73 Å². The maximum atomic E-state index is 5.72. The van der Waals surface area contributed by atoms with Crippen molar-refractivity contribution in [1.29, 1.82) is 0 Å². The molecule has 0 aliphatic heterocycles. The van der Waals surface area contributed by atoms with Gasteiger partial charge in [0.15, 0.2) is 0 Å². The lowest BCUT2D eigenvalue weighted by Crippen LogP contribution is -2.51. The first kappa shape index (κ1) is 8.90. The van der Waals surface area contributed by atoms with Crippen LogP contribution >= 0.6 is 11.3 Å². The molecule has 0 bridgehead atoms. The molecule has 1 aromatic rings. The summed E-state index contributed by atoms with van der Waals surface area (Å²) < 4.78 is 0. The smallest absolute Gasteiger partial charge is 0.206 e. The Morgan fingerprint density at radius 1 is 1.54 bits per heavy atom. The molecule has 0 saturated heterocycles. The predicted octanol–water partition coefficient (Wildman–Crippen LogP) is 1.14. The number of nitrogens with two attached hydrogens (primary N) is 1. The monoisotopic (exact) mass is 198 g/mol. The topological polar surface area (TPSA) is 63.8 Å². The Labute approximate surface area is 81.6 Å². The SMILES string of the molecule is Cc1nnc(NC2(CN)CCC2)s1. The molecule has 1 fully saturated rings. The number of nitrogens with one attached hydrogen (secondary N) is 1. The summed E-state index contributed by atoms with van der Waals surface area (Å²) in [4.78, 5) is 0. The van der Waals surface area contributed by atoms with Crippen molar-refractivity contribution < 1.29 is 0 Å². The van der Waals surface area contributed by atoms with Crippen molar-refractivity contribution in [3.63, 3.8) is 0 Å². The number of hydrogen-bond donors (Lipinski definition) is 2. The van der Waals surface area contributed by atoms with Crippen molar-refractivity contribution in [2.75, 3.05) is 11.9 Å². The zero-order valence-electron chi connectivity index (χ0n) is 7.71. The van der Waals surface area contributed by atoms with Gasteiger partial charge in [-0.05, 0) is 26.2 Å². The molecule has 1 saturated carbocycles. The lowest BCUT2D eigenvalue weighted by Gasteiger charge is -2.41. The van der Waals surface area contributed by atoms with Crippen LogP contribution in [0.3, 0.4) is 0 Å². The van der Waals surface area contributed by atoms with E-state index in [2.05, 4.69) is 15.5 Å². The molecule has 0 unspecified atom stereocenters. The van der Waals surface area contributed by atoms with Gasteiger partial charge in [-0.1, -0.05) is 11.3 Å². The van der Waals surface area contributed by atoms with Gasteiger partial charge in [0.05, 0.1) is 5.54 Å². The normalized spacial score (nSPS) is 19.5. The molecule has 0 spiro atoms. The summed E-state index contributed by atoms with van der Waals surface area (Å²) in [5.41, 5.74) is 5.83. The average molecular weight is 198 g/mol. The van der Waals surface area contributed by atoms with Crippen LogP contribution in [0.15, 0.2) is 0 Å². The number of aromatic nitrogens is 2. The van der Waals surface area contributed by atoms with Crippen molar-refractivity contribution in [2.24, 2.45) is 5.73 Å². The lowest BCUT2D eigenvalue weighted by molar-refractivity contribution is 0.287. The quantitative estimate of drug-likeness (QED) is 0.764. The Hall–Kier alpha value is -0.680. The number of aryl methyl sites for hydroxylation is 1. The molecule has 2 rings (SSSR count). The van der Waals surface area contributed by atoms with Gasteiger partial charge in [-0.2, -0.15) is 0 Å². The van der Waals surface area contributed by atoms with E-state index in [0.717, 1.165) is 23.0 Å². The van der Waals surface area contributed by atoms with Gasteiger partial charge in [-0.3, -0.25) is 0 Å². The van der Waals surface area contributed by atoms with E-state index in [0.29, 0.717) is 6.54 Å². The molecule has 0 amide bonds. The average Bonchev–Trinajstić information content (AvgIpc) is 2.44. The zero-order chi connectivity index (χ0) is 9.31. The van der Waals surface area contributed by atoms with Crippen molar-refractivity contribution in [3.8, 4) is 0 Å². The van der Waals surface area contributed by atoms with Crippen LogP contribution < -0.4 is 11.1 Å². The van der Waals surface area contributed by atoms with Crippen molar-refractivity contribution in [3.05, 3.63) is 5.01 Å². The van der Waals surface area contributed by atoms with Crippen LogP contribution in [0.1, 0.15) is 24.3 Å². The second kappa shape index (κ2) is 3.23. The van der Waals surface area contributed by atoms with Gasteiger partial charge in [0.1, 0.15) is 5.01 Å². The Morgan fingerprint density at radius 3 is 2.69 bits per heavy atom. The molecule has 0 radical (unpaired) electrons. The minimum atomic E-state index is 0.117. The molecule has 0 aromatic carbocycles. The summed E-state index contributed by atoms with van der Waals surface area (Å²) in [6.45, 7) is 2.64. The van der Waals surface area contributed by atoms with Gasteiger partial charge in [0.2, 0.25) is 5.13 Å². The van der Waals surface area contributed by atoms with Crippen molar-refractivity contribution in [1.82, 2.24) is 10.2 Å². The molecule has 13 heavy (non-hydrogen) atoms. The third kappa shape index (κ3) is 1.66. The highest BCUT2D eigenvalue weighted by molar-refractivity contribution is 7.15. The maximum absolute atomic E-state index is 5.72. The Kier molecular flexibility index (Phi) is 2.21. The molecular weight excluding hydrogens is 184 g/mol. The first-order chi connectivity index (χ1) is 6.24. The summed E-state index contributed by atoms with van der Waals surface area (Å²) in [6.07, 6.45) is 3.58. The number of nitrogens with zero attached hydrogens (tertiary/aromatic N) is 2. The number of hydrogen-bond acceptors (Lipinski definition) is 5. The standard InChI is InChI=1S/C8H14N4S/c1-6-11-12-7(13-6)10-8(5-9)3-2-4-8/h2-5,9H2,1H3,(H,10,12). The molecule has 72 valence electrons. The zero-order valence-corrected chi connectivity index (χ0v) is 8.52. The molecule has 1 aliphatic carbocycles. The van der Waals surface area contributed by atoms with Crippen LogP contribution in [0, 0.1) is 6.92 Å². The molecule has 1 heterocycles. The van der Waals surface area contributed by atoms with E-state index in [9.17, 15) is 0 Å². The molecule has 3 N–H and O–H groups in total. The summed E-state index contributed by atoms with van der Waals surface area (Å²) in [5, 5.41) is 13.3. The van der Waals surface area contributed by atoms with Gasteiger partial charge in [0.25, 0.3) is 0 Å². The van der Waals surface area contributed by atoms with Crippen molar-refractivity contribution in [2.45, 2.75) is 31.7 Å². The van der Waals surface area contributed by atoms with E-state index >= 15 is 0 Å². The largest absolute Gasteiger partial charge is 0.353 e. The summed E-state index contributed by atoms with van der Waals surface area (Å²) >= 11 is 1.59. The van der Waals surface area contributed by atoms with Crippen LogP contribution in [0.25, 0.3) is 0 Å². The highest BCUT2D eigenvalue weighted by Crippen LogP contribution is 2.34. The second-order valence-corrected chi connectivity index (χ2v) is 4.77. The number of rotatable bonds is 3. The molecule has 4 nitrogen and oxygen atoms in total. The van der Waals surface area contributed by atoms with Crippen molar-refractivity contribution >= 4 is 16.5 Å². The van der Waals surface area contributed by atoms with Crippen LogP contribution in [-0.2, 0) is 0 Å². The summed E-state index contributed by atoms with van der Waals surface area (Å²) in [5.74, 6) is 0. The Balaban J connectivity index is 2.04. The van der Waals surface area contributed by atoms with Gasteiger partial charge in [-0.15, -0.1) is 10.2 Å². The third-order valence-electron chi connectivity index (χ3n) is 2.60.